The monoisotopic (exact) mass is 514 g/mol. The van der Waals surface area contributed by atoms with E-state index in [0.29, 0.717) is 24.3 Å². The van der Waals surface area contributed by atoms with Crippen LogP contribution in [0.15, 0.2) is 72.8 Å². The number of ether oxygens (including phenoxy) is 2. The minimum atomic E-state index is -0.813. The number of carbonyl (C=O) groups excluding carboxylic acids is 5. The summed E-state index contributed by atoms with van der Waals surface area (Å²) < 4.78 is 10.2. The molecule has 1 atom stereocenters. The van der Waals surface area contributed by atoms with Crippen LogP contribution in [0.3, 0.4) is 0 Å². The highest BCUT2D eigenvalue weighted by molar-refractivity contribution is 6.22. The molecule has 0 saturated heterocycles. The zero-order chi connectivity index (χ0) is 27.2. The molecule has 0 fully saturated rings. The van der Waals surface area contributed by atoms with Crippen molar-refractivity contribution in [2.75, 3.05) is 18.5 Å². The molecule has 4 rings (SSSR count). The highest BCUT2D eigenvalue weighted by Crippen LogP contribution is 2.31. The van der Waals surface area contributed by atoms with Crippen molar-refractivity contribution in [2.24, 2.45) is 0 Å². The molecule has 1 N–H and O–H groups in total. The van der Waals surface area contributed by atoms with Crippen molar-refractivity contribution < 1.29 is 33.4 Å². The van der Waals surface area contributed by atoms with E-state index >= 15 is 0 Å². The first-order valence-electron chi connectivity index (χ1n) is 12.1. The van der Waals surface area contributed by atoms with Crippen molar-refractivity contribution in [2.45, 2.75) is 26.3 Å². The first-order valence-corrected chi connectivity index (χ1v) is 12.1. The number of fused-ring (bicyclic) bond motifs is 1. The third-order valence-corrected chi connectivity index (χ3v) is 6.00. The van der Waals surface area contributed by atoms with Gasteiger partial charge < -0.3 is 14.8 Å². The van der Waals surface area contributed by atoms with Crippen molar-refractivity contribution >= 4 is 35.3 Å². The number of hydrogen-bond donors (Lipinski definition) is 1. The maximum Gasteiger partial charge on any atom is 0.338 e. The molecule has 9 nitrogen and oxygen atoms in total. The van der Waals surface area contributed by atoms with E-state index in [4.69, 9.17) is 9.47 Å². The van der Waals surface area contributed by atoms with E-state index in [1.165, 1.54) is 42.5 Å². The second-order valence-electron chi connectivity index (χ2n) is 8.66. The van der Waals surface area contributed by atoms with E-state index in [1.807, 2.05) is 37.3 Å². The van der Waals surface area contributed by atoms with E-state index < -0.39 is 42.3 Å². The van der Waals surface area contributed by atoms with E-state index in [1.54, 1.807) is 6.92 Å². The zero-order valence-corrected chi connectivity index (χ0v) is 20.9. The smallest absolute Gasteiger partial charge is 0.338 e. The molecule has 9 heteroatoms. The van der Waals surface area contributed by atoms with Gasteiger partial charge in [-0.1, -0.05) is 37.3 Å². The fourth-order valence-corrected chi connectivity index (χ4v) is 4.00. The molecule has 3 amide bonds. The van der Waals surface area contributed by atoms with Gasteiger partial charge in [-0.15, -0.1) is 0 Å². The molecule has 38 heavy (non-hydrogen) atoms. The highest BCUT2D eigenvalue weighted by Gasteiger charge is 2.39. The maximum absolute atomic E-state index is 13.0. The number of hydrogen-bond acceptors (Lipinski definition) is 7. The van der Waals surface area contributed by atoms with Gasteiger partial charge in [0, 0.05) is 5.69 Å². The molecule has 3 aromatic carbocycles. The fraction of sp³-hybridized carbons (Fsp3) is 0.207. The number of nitrogens with zero attached hydrogens (tertiary/aromatic N) is 1. The van der Waals surface area contributed by atoms with Crippen molar-refractivity contribution in [1.82, 2.24) is 4.90 Å². The summed E-state index contributed by atoms with van der Waals surface area (Å²) in [7, 11) is 0. The van der Waals surface area contributed by atoms with Crippen LogP contribution in [0, 0.1) is 0 Å². The second-order valence-corrected chi connectivity index (χ2v) is 8.66. The number of carbonyl (C=O) groups is 5. The Hall–Kier alpha value is -4.79. The number of benzene rings is 3. The van der Waals surface area contributed by atoms with Gasteiger partial charge in [0.2, 0.25) is 0 Å². The number of nitrogens with one attached hydrogen (secondary N) is 1. The van der Waals surface area contributed by atoms with Crippen LogP contribution in [0.25, 0.3) is 0 Å². The van der Waals surface area contributed by atoms with Crippen molar-refractivity contribution in [3.05, 3.63) is 101 Å². The van der Waals surface area contributed by atoms with Gasteiger partial charge in [-0.25, -0.2) is 9.59 Å². The van der Waals surface area contributed by atoms with Crippen LogP contribution >= 0.6 is 0 Å². The normalized spacial score (nSPS) is 13.1. The largest absolute Gasteiger partial charge is 0.462 e. The summed E-state index contributed by atoms with van der Waals surface area (Å²) in [6, 6.07) is 18.9. The topological polar surface area (TPSA) is 119 Å². The van der Waals surface area contributed by atoms with Gasteiger partial charge in [-0.3, -0.25) is 19.3 Å². The molecule has 1 aliphatic heterocycles. The van der Waals surface area contributed by atoms with Crippen molar-refractivity contribution in [3.63, 3.8) is 0 Å². The minimum Gasteiger partial charge on any atom is -0.462 e. The van der Waals surface area contributed by atoms with Crippen LogP contribution in [0.1, 0.15) is 73.3 Å². The predicted molar refractivity (Wildman–Crippen MR) is 138 cm³/mol. The van der Waals surface area contributed by atoms with E-state index in [-0.39, 0.29) is 16.7 Å². The molecule has 0 bridgehead atoms. The van der Waals surface area contributed by atoms with Gasteiger partial charge in [-0.05, 0) is 61.4 Å². The summed E-state index contributed by atoms with van der Waals surface area (Å²) in [6.45, 7) is 3.41. The molecule has 0 spiro atoms. The molecular formula is C29H26N2O7. The lowest BCUT2D eigenvalue weighted by atomic mass is 10.1. The second kappa shape index (κ2) is 11.5. The van der Waals surface area contributed by atoms with Gasteiger partial charge in [0.25, 0.3) is 17.7 Å². The Bertz CT molecular complexity index is 1380. The predicted octanol–water partition coefficient (Wildman–Crippen LogP) is 4.41. The third-order valence-electron chi connectivity index (χ3n) is 6.00. The Kier molecular flexibility index (Phi) is 7.96. The molecule has 0 aromatic heterocycles. The highest BCUT2D eigenvalue weighted by atomic mass is 16.5. The Labute approximate surface area is 219 Å². The van der Waals surface area contributed by atoms with Crippen LogP contribution in [-0.4, -0.2) is 47.8 Å². The average Bonchev–Trinajstić information content (AvgIpc) is 3.19. The summed E-state index contributed by atoms with van der Waals surface area (Å²) in [6.07, 6.45) is 0.713. The number of amides is 3. The first kappa shape index (κ1) is 26.3. The lowest BCUT2D eigenvalue weighted by Crippen LogP contribution is -2.32. The summed E-state index contributed by atoms with van der Waals surface area (Å²) in [5.74, 6) is -2.80. The zero-order valence-electron chi connectivity index (χ0n) is 20.9. The van der Waals surface area contributed by atoms with E-state index in [2.05, 4.69) is 5.32 Å². The number of anilines is 1. The Morgan fingerprint density at radius 1 is 0.816 bits per heavy atom. The van der Waals surface area contributed by atoms with Crippen LogP contribution in [0.5, 0.6) is 0 Å². The Morgan fingerprint density at radius 3 is 2.13 bits per heavy atom. The van der Waals surface area contributed by atoms with E-state index in [9.17, 15) is 24.0 Å². The Balaban J connectivity index is 1.35. The fourth-order valence-electron chi connectivity index (χ4n) is 4.00. The standard InChI is InChI=1S/C29H26N2O7/c1-3-15-37-28(35)20-9-12-22(13-10-20)30-25(32)17-38-29(36)21-11-14-23-24(16-21)27(34)31(26(23)33)18(2)19-7-5-4-6-8-19/h4-14,16,18H,3,15,17H2,1-2H3,(H,30,32)/t18-/m1/s1. The van der Waals surface area contributed by atoms with Gasteiger partial charge in [-0.2, -0.15) is 0 Å². The van der Waals surface area contributed by atoms with E-state index in [0.717, 1.165) is 10.5 Å². The minimum absolute atomic E-state index is 0.0434. The molecule has 0 unspecified atom stereocenters. The van der Waals surface area contributed by atoms with Crippen LogP contribution in [0.4, 0.5) is 5.69 Å². The number of rotatable bonds is 9. The van der Waals surface area contributed by atoms with Crippen molar-refractivity contribution in [3.8, 4) is 0 Å². The molecule has 194 valence electrons. The lowest BCUT2D eigenvalue weighted by molar-refractivity contribution is -0.119. The molecular weight excluding hydrogens is 488 g/mol. The molecule has 1 aliphatic rings. The summed E-state index contributed by atoms with van der Waals surface area (Å²) in [4.78, 5) is 63.8. The molecule has 0 saturated carbocycles. The molecule has 0 aliphatic carbocycles. The number of esters is 2. The SMILES string of the molecule is CCCOC(=O)c1ccc(NC(=O)COC(=O)c2ccc3c(c2)C(=O)N([C@H](C)c2ccccc2)C3=O)cc1. The van der Waals surface area contributed by atoms with Crippen LogP contribution in [-0.2, 0) is 14.3 Å². The van der Waals surface area contributed by atoms with Gasteiger partial charge >= 0.3 is 11.9 Å². The quantitative estimate of drug-likeness (QED) is 0.332. The maximum atomic E-state index is 13.0. The summed E-state index contributed by atoms with van der Waals surface area (Å²) in [5.41, 5.74) is 1.92. The average molecular weight is 515 g/mol. The van der Waals surface area contributed by atoms with Crippen LogP contribution < -0.4 is 5.32 Å². The van der Waals surface area contributed by atoms with Gasteiger partial charge in [0.05, 0.1) is 34.9 Å². The summed E-state index contributed by atoms with van der Waals surface area (Å²) >= 11 is 0. The number of imide groups is 1. The lowest BCUT2D eigenvalue weighted by Gasteiger charge is -2.22. The third kappa shape index (κ3) is 5.62. The molecule has 3 aromatic rings. The van der Waals surface area contributed by atoms with Crippen LogP contribution in [0.2, 0.25) is 0 Å². The van der Waals surface area contributed by atoms with Gasteiger partial charge in [0.1, 0.15) is 0 Å². The molecule has 0 radical (unpaired) electrons. The first-order chi connectivity index (χ1) is 18.3. The summed E-state index contributed by atoms with van der Waals surface area (Å²) in [5, 5.41) is 2.57. The molecule has 1 heterocycles. The Morgan fingerprint density at radius 2 is 1.45 bits per heavy atom. The van der Waals surface area contributed by atoms with Gasteiger partial charge in [0.15, 0.2) is 6.61 Å². The van der Waals surface area contributed by atoms with Crippen molar-refractivity contribution in [1.29, 1.82) is 0 Å².